The molecule has 1 amide bonds. The molecule has 3 rings (SSSR count). The Kier molecular flexibility index (Phi) is 5.83. The van der Waals surface area contributed by atoms with Crippen molar-refractivity contribution in [3.05, 3.63) is 52.2 Å². The van der Waals surface area contributed by atoms with Crippen LogP contribution in [0.5, 0.6) is 5.75 Å². The lowest BCUT2D eigenvalue weighted by molar-refractivity contribution is -0.131. The average molecular weight is 358 g/mol. The first-order valence-electron chi connectivity index (χ1n) is 8.47. The number of nitrogens with zero attached hydrogens (tertiary/aromatic N) is 1. The molecular formula is C19H22N2O3S. The average Bonchev–Trinajstić information content (AvgIpc) is 3.29. The van der Waals surface area contributed by atoms with Crippen LogP contribution in [0.4, 0.5) is 0 Å². The SMILES string of the molecule is CC(=O)Oc1ccccc1C(=O)NCC(c1ccsc1)N1CCCC1. The number of benzene rings is 1. The van der Waals surface area contributed by atoms with Crippen molar-refractivity contribution in [1.82, 2.24) is 10.2 Å². The smallest absolute Gasteiger partial charge is 0.308 e. The number of hydrogen-bond acceptors (Lipinski definition) is 5. The molecule has 2 heterocycles. The van der Waals surface area contributed by atoms with Crippen LogP contribution in [0.3, 0.4) is 0 Å². The number of para-hydroxylation sites is 1. The number of esters is 1. The van der Waals surface area contributed by atoms with E-state index in [0.29, 0.717) is 17.9 Å². The summed E-state index contributed by atoms with van der Waals surface area (Å²) in [7, 11) is 0. The molecule has 132 valence electrons. The van der Waals surface area contributed by atoms with Gasteiger partial charge in [-0.05, 0) is 60.5 Å². The minimum Gasteiger partial charge on any atom is -0.426 e. The van der Waals surface area contributed by atoms with Gasteiger partial charge in [-0.25, -0.2) is 0 Å². The second kappa shape index (κ2) is 8.27. The molecule has 0 bridgehead atoms. The van der Waals surface area contributed by atoms with Crippen LogP contribution in [0, 0.1) is 0 Å². The third-order valence-corrected chi connectivity index (χ3v) is 5.05. The summed E-state index contributed by atoms with van der Waals surface area (Å²) in [5.41, 5.74) is 1.61. The molecule has 25 heavy (non-hydrogen) atoms. The van der Waals surface area contributed by atoms with E-state index in [0.717, 1.165) is 13.1 Å². The summed E-state index contributed by atoms with van der Waals surface area (Å²) in [4.78, 5) is 26.3. The first-order valence-corrected chi connectivity index (χ1v) is 9.41. The van der Waals surface area contributed by atoms with Gasteiger partial charge in [-0.15, -0.1) is 0 Å². The van der Waals surface area contributed by atoms with Gasteiger partial charge in [0.05, 0.1) is 11.6 Å². The summed E-state index contributed by atoms with van der Waals surface area (Å²) in [5, 5.41) is 7.22. The first kappa shape index (κ1) is 17.6. The molecule has 0 saturated carbocycles. The molecule has 1 aromatic heterocycles. The fourth-order valence-electron chi connectivity index (χ4n) is 3.16. The van der Waals surface area contributed by atoms with E-state index in [1.165, 1.54) is 25.3 Å². The van der Waals surface area contributed by atoms with Crippen LogP contribution >= 0.6 is 11.3 Å². The van der Waals surface area contributed by atoms with E-state index in [4.69, 9.17) is 4.74 Å². The van der Waals surface area contributed by atoms with Gasteiger partial charge in [0.25, 0.3) is 5.91 Å². The largest absolute Gasteiger partial charge is 0.426 e. The third-order valence-electron chi connectivity index (χ3n) is 4.35. The molecule has 1 N–H and O–H groups in total. The van der Waals surface area contributed by atoms with Gasteiger partial charge in [-0.3, -0.25) is 14.5 Å². The summed E-state index contributed by atoms with van der Waals surface area (Å²) in [6.07, 6.45) is 2.40. The van der Waals surface area contributed by atoms with Crippen molar-refractivity contribution in [2.45, 2.75) is 25.8 Å². The Morgan fingerprint density at radius 3 is 2.68 bits per heavy atom. The summed E-state index contributed by atoms with van der Waals surface area (Å²) in [6, 6.07) is 9.10. The van der Waals surface area contributed by atoms with E-state index in [2.05, 4.69) is 27.0 Å². The molecule has 0 spiro atoms. The number of nitrogens with one attached hydrogen (secondary N) is 1. The maximum absolute atomic E-state index is 12.6. The zero-order valence-electron chi connectivity index (χ0n) is 14.2. The second-order valence-corrected chi connectivity index (χ2v) is 6.90. The molecule has 1 atom stereocenters. The van der Waals surface area contributed by atoms with Crippen LogP contribution in [0.15, 0.2) is 41.1 Å². The lowest BCUT2D eigenvalue weighted by Crippen LogP contribution is -2.36. The normalized spacial score (nSPS) is 15.7. The molecular weight excluding hydrogens is 336 g/mol. The molecule has 0 radical (unpaired) electrons. The molecule has 2 aromatic rings. The Morgan fingerprint density at radius 1 is 1.24 bits per heavy atom. The van der Waals surface area contributed by atoms with Gasteiger partial charge < -0.3 is 10.1 Å². The van der Waals surface area contributed by atoms with Crippen molar-refractivity contribution in [1.29, 1.82) is 0 Å². The van der Waals surface area contributed by atoms with Gasteiger partial charge in [0.1, 0.15) is 5.75 Å². The van der Waals surface area contributed by atoms with Gasteiger partial charge in [-0.1, -0.05) is 12.1 Å². The molecule has 6 heteroatoms. The standard InChI is InChI=1S/C19H22N2O3S/c1-14(22)24-18-7-3-2-6-16(18)19(23)20-12-17(15-8-11-25-13-15)21-9-4-5-10-21/h2-3,6-8,11,13,17H,4-5,9-10,12H2,1H3,(H,20,23). The Bertz CT molecular complexity index is 724. The minimum absolute atomic E-state index is 0.179. The molecule has 1 fully saturated rings. The molecule has 1 saturated heterocycles. The van der Waals surface area contributed by atoms with Crippen molar-refractivity contribution < 1.29 is 14.3 Å². The predicted octanol–water partition coefficient (Wildman–Crippen LogP) is 3.24. The fourth-order valence-corrected chi connectivity index (χ4v) is 3.87. The molecule has 1 aromatic carbocycles. The van der Waals surface area contributed by atoms with Crippen molar-refractivity contribution in [2.75, 3.05) is 19.6 Å². The number of thiophene rings is 1. The first-order chi connectivity index (χ1) is 12.1. The van der Waals surface area contributed by atoms with Crippen molar-refractivity contribution in [2.24, 2.45) is 0 Å². The Hall–Kier alpha value is -2.18. The van der Waals surface area contributed by atoms with Gasteiger partial charge in [0, 0.05) is 13.5 Å². The van der Waals surface area contributed by atoms with Gasteiger partial charge in [0.15, 0.2) is 0 Å². The maximum atomic E-state index is 12.6. The highest BCUT2D eigenvalue weighted by atomic mass is 32.1. The molecule has 1 aliphatic heterocycles. The van der Waals surface area contributed by atoms with Gasteiger partial charge in [-0.2, -0.15) is 11.3 Å². The monoisotopic (exact) mass is 358 g/mol. The molecule has 1 aliphatic rings. The van der Waals surface area contributed by atoms with Gasteiger partial charge in [0.2, 0.25) is 0 Å². The molecule has 5 nitrogen and oxygen atoms in total. The lowest BCUT2D eigenvalue weighted by atomic mass is 10.1. The molecule has 0 aliphatic carbocycles. The summed E-state index contributed by atoms with van der Waals surface area (Å²) in [5.74, 6) is -0.370. The lowest BCUT2D eigenvalue weighted by Gasteiger charge is -2.27. The van der Waals surface area contributed by atoms with Crippen molar-refractivity contribution in [3.8, 4) is 5.75 Å². The summed E-state index contributed by atoms with van der Waals surface area (Å²) >= 11 is 1.67. The number of carbonyl (C=O) groups excluding carboxylic acids is 2. The summed E-state index contributed by atoms with van der Waals surface area (Å²) in [6.45, 7) is 3.97. The van der Waals surface area contributed by atoms with E-state index in [9.17, 15) is 9.59 Å². The number of hydrogen-bond donors (Lipinski definition) is 1. The van der Waals surface area contributed by atoms with Crippen LogP contribution in [0.2, 0.25) is 0 Å². The Balaban J connectivity index is 1.71. The van der Waals surface area contributed by atoms with E-state index in [-0.39, 0.29) is 11.9 Å². The quantitative estimate of drug-likeness (QED) is 0.636. The number of ether oxygens (including phenoxy) is 1. The van der Waals surface area contributed by atoms with E-state index < -0.39 is 5.97 Å². The minimum atomic E-state index is -0.437. The Morgan fingerprint density at radius 2 is 2.00 bits per heavy atom. The van der Waals surface area contributed by atoms with E-state index >= 15 is 0 Å². The molecule has 1 unspecified atom stereocenters. The van der Waals surface area contributed by atoms with Crippen LogP contribution < -0.4 is 10.1 Å². The highest BCUT2D eigenvalue weighted by Crippen LogP contribution is 2.26. The van der Waals surface area contributed by atoms with Crippen LogP contribution in [0.25, 0.3) is 0 Å². The van der Waals surface area contributed by atoms with Crippen LogP contribution in [0.1, 0.15) is 41.7 Å². The topological polar surface area (TPSA) is 58.6 Å². The van der Waals surface area contributed by atoms with E-state index in [1.807, 2.05) is 0 Å². The van der Waals surface area contributed by atoms with E-state index in [1.54, 1.807) is 35.6 Å². The maximum Gasteiger partial charge on any atom is 0.308 e. The number of amides is 1. The van der Waals surface area contributed by atoms with Crippen LogP contribution in [-0.4, -0.2) is 36.4 Å². The number of carbonyl (C=O) groups is 2. The second-order valence-electron chi connectivity index (χ2n) is 6.12. The Labute approximate surface area is 151 Å². The number of likely N-dealkylation sites (tertiary alicyclic amines) is 1. The van der Waals surface area contributed by atoms with Crippen LogP contribution in [-0.2, 0) is 4.79 Å². The highest BCUT2D eigenvalue weighted by Gasteiger charge is 2.25. The predicted molar refractivity (Wildman–Crippen MR) is 98.0 cm³/mol. The third kappa shape index (κ3) is 4.46. The number of rotatable bonds is 6. The highest BCUT2D eigenvalue weighted by molar-refractivity contribution is 7.07. The zero-order valence-corrected chi connectivity index (χ0v) is 15.1. The van der Waals surface area contributed by atoms with Gasteiger partial charge >= 0.3 is 5.97 Å². The fraction of sp³-hybridized carbons (Fsp3) is 0.368. The zero-order chi connectivity index (χ0) is 17.6. The summed E-state index contributed by atoms with van der Waals surface area (Å²) < 4.78 is 5.14. The van der Waals surface area contributed by atoms with Crippen molar-refractivity contribution in [3.63, 3.8) is 0 Å². The van der Waals surface area contributed by atoms with Crippen molar-refractivity contribution >= 4 is 23.2 Å².